The second-order valence-corrected chi connectivity index (χ2v) is 1.01. The van der Waals surface area contributed by atoms with Crippen molar-refractivity contribution in [1.29, 1.82) is 5.26 Å². The molecule has 1 amide bonds. The van der Waals surface area contributed by atoms with Gasteiger partial charge in [-0.1, -0.05) is 5.92 Å². The first-order chi connectivity index (χ1) is 3.85. The maximum Gasteiger partial charge on any atom is 0.208 e. The number of rotatable bonds is 2. The highest BCUT2D eigenvalue weighted by Gasteiger charge is 1.94. The van der Waals surface area contributed by atoms with Gasteiger partial charge in [-0.05, 0) is 0 Å². The minimum atomic E-state index is -0.785. The van der Waals surface area contributed by atoms with Gasteiger partial charge in [0.05, 0.1) is 0 Å². The van der Waals surface area contributed by atoms with Gasteiger partial charge in [0.25, 0.3) is 0 Å². The fourth-order valence-electron chi connectivity index (χ4n) is 0.191. The average molecular weight is 108 g/mol. The van der Waals surface area contributed by atoms with Crippen molar-refractivity contribution in [3.63, 3.8) is 0 Å². The monoisotopic (exact) mass is 108 g/mol. The maximum atomic E-state index is 9.58. The standard InChI is InChI=1S/C5H4N2O/c1-2-5(3-6)7-4-8/h1,4-5H,(H,7,8). The van der Waals surface area contributed by atoms with Crippen molar-refractivity contribution < 1.29 is 4.79 Å². The van der Waals surface area contributed by atoms with Crippen molar-refractivity contribution >= 4 is 6.41 Å². The fourth-order valence-corrected chi connectivity index (χ4v) is 0.191. The van der Waals surface area contributed by atoms with E-state index in [4.69, 9.17) is 11.7 Å². The summed E-state index contributed by atoms with van der Waals surface area (Å²) >= 11 is 0. The second-order valence-electron chi connectivity index (χ2n) is 1.01. The van der Waals surface area contributed by atoms with Crippen molar-refractivity contribution in [1.82, 2.24) is 5.32 Å². The number of nitriles is 1. The summed E-state index contributed by atoms with van der Waals surface area (Å²) < 4.78 is 0. The van der Waals surface area contributed by atoms with Gasteiger partial charge in [0.15, 0.2) is 6.04 Å². The van der Waals surface area contributed by atoms with Crippen LogP contribution in [0.3, 0.4) is 0 Å². The number of nitrogens with zero attached hydrogens (tertiary/aromatic N) is 1. The van der Waals surface area contributed by atoms with Crippen LogP contribution in [0.1, 0.15) is 0 Å². The molecule has 0 aromatic rings. The highest BCUT2D eigenvalue weighted by molar-refractivity contribution is 5.49. The van der Waals surface area contributed by atoms with Gasteiger partial charge in [0.2, 0.25) is 6.41 Å². The molecule has 0 fully saturated rings. The predicted octanol–water partition coefficient (Wildman–Crippen LogP) is -0.742. The van der Waals surface area contributed by atoms with Gasteiger partial charge in [0.1, 0.15) is 6.07 Å². The summed E-state index contributed by atoms with van der Waals surface area (Å²) in [5.41, 5.74) is 0. The summed E-state index contributed by atoms with van der Waals surface area (Å²) in [7, 11) is 0. The lowest BCUT2D eigenvalue weighted by atomic mass is 10.4. The summed E-state index contributed by atoms with van der Waals surface area (Å²) in [5.74, 6) is 2.05. The molecule has 0 aliphatic carbocycles. The van der Waals surface area contributed by atoms with Crippen LogP contribution in [0.5, 0.6) is 0 Å². The van der Waals surface area contributed by atoms with Gasteiger partial charge in [-0.2, -0.15) is 5.26 Å². The summed E-state index contributed by atoms with van der Waals surface area (Å²) in [6.07, 6.45) is 5.17. The lowest BCUT2D eigenvalue weighted by Crippen LogP contribution is -2.23. The van der Waals surface area contributed by atoms with Gasteiger partial charge >= 0.3 is 0 Å². The van der Waals surface area contributed by atoms with Crippen LogP contribution in [-0.4, -0.2) is 12.5 Å². The first kappa shape index (κ1) is 6.52. The van der Waals surface area contributed by atoms with E-state index in [1.54, 1.807) is 6.07 Å². The fraction of sp³-hybridized carbons (Fsp3) is 0.200. The van der Waals surface area contributed by atoms with Crippen molar-refractivity contribution in [3.8, 4) is 18.4 Å². The van der Waals surface area contributed by atoms with Gasteiger partial charge < -0.3 is 5.32 Å². The van der Waals surface area contributed by atoms with Gasteiger partial charge in [-0.15, -0.1) is 6.42 Å². The zero-order valence-electron chi connectivity index (χ0n) is 4.09. The Morgan fingerprint density at radius 3 is 2.62 bits per heavy atom. The molecular weight excluding hydrogens is 104 g/mol. The highest BCUT2D eigenvalue weighted by Crippen LogP contribution is 1.69. The third kappa shape index (κ3) is 1.84. The van der Waals surface area contributed by atoms with E-state index in [1.807, 2.05) is 5.92 Å². The van der Waals surface area contributed by atoms with E-state index in [0.717, 1.165) is 0 Å². The first-order valence-corrected chi connectivity index (χ1v) is 1.90. The van der Waals surface area contributed by atoms with Gasteiger partial charge in [-0.25, -0.2) is 0 Å². The summed E-state index contributed by atoms with van der Waals surface area (Å²) in [6, 6.07) is 0.889. The Bertz CT molecular complexity index is 137. The minimum absolute atomic E-state index is 0.397. The molecule has 0 aromatic heterocycles. The Labute approximate surface area is 47.3 Å². The Balaban J connectivity index is 3.62. The number of hydrogen-bond donors (Lipinski definition) is 1. The molecular formula is C5H4N2O. The topological polar surface area (TPSA) is 52.9 Å². The molecule has 0 aromatic carbocycles. The summed E-state index contributed by atoms with van der Waals surface area (Å²) in [6.45, 7) is 0. The average Bonchev–Trinajstić information content (AvgIpc) is 1.83. The van der Waals surface area contributed by atoms with Crippen LogP contribution in [0.25, 0.3) is 0 Å². The normalized spacial score (nSPS) is 10.2. The van der Waals surface area contributed by atoms with E-state index in [1.165, 1.54) is 0 Å². The van der Waals surface area contributed by atoms with Crippen LogP contribution in [0, 0.1) is 23.7 Å². The number of carbonyl (C=O) groups is 1. The predicted molar refractivity (Wildman–Crippen MR) is 27.4 cm³/mol. The molecule has 0 saturated carbocycles. The Morgan fingerprint density at radius 1 is 1.88 bits per heavy atom. The Hall–Kier alpha value is -1.48. The van der Waals surface area contributed by atoms with Crippen molar-refractivity contribution in [3.05, 3.63) is 0 Å². The van der Waals surface area contributed by atoms with E-state index in [-0.39, 0.29) is 0 Å². The molecule has 3 nitrogen and oxygen atoms in total. The lowest BCUT2D eigenvalue weighted by molar-refractivity contribution is -0.109. The summed E-state index contributed by atoms with van der Waals surface area (Å²) in [5, 5.41) is 10.1. The molecule has 0 aliphatic rings. The first-order valence-electron chi connectivity index (χ1n) is 1.90. The quantitative estimate of drug-likeness (QED) is 0.374. The number of amides is 1. The third-order valence-corrected chi connectivity index (χ3v) is 0.530. The maximum absolute atomic E-state index is 9.58. The molecule has 0 bridgehead atoms. The van der Waals surface area contributed by atoms with Crippen LogP contribution in [0.4, 0.5) is 0 Å². The molecule has 0 saturated heterocycles. The van der Waals surface area contributed by atoms with Crippen molar-refractivity contribution in [2.45, 2.75) is 6.04 Å². The zero-order valence-corrected chi connectivity index (χ0v) is 4.09. The van der Waals surface area contributed by atoms with Crippen LogP contribution in [-0.2, 0) is 4.79 Å². The Morgan fingerprint density at radius 2 is 2.50 bits per heavy atom. The number of terminal acetylenes is 1. The van der Waals surface area contributed by atoms with E-state index >= 15 is 0 Å². The lowest BCUT2D eigenvalue weighted by Gasteiger charge is -1.92. The molecule has 1 atom stereocenters. The van der Waals surface area contributed by atoms with E-state index in [9.17, 15) is 4.79 Å². The largest absolute Gasteiger partial charge is 0.333 e. The van der Waals surface area contributed by atoms with Crippen LogP contribution < -0.4 is 5.32 Å². The molecule has 0 spiro atoms. The van der Waals surface area contributed by atoms with Crippen molar-refractivity contribution in [2.75, 3.05) is 0 Å². The third-order valence-electron chi connectivity index (χ3n) is 0.530. The second kappa shape index (κ2) is 3.70. The van der Waals surface area contributed by atoms with E-state index in [2.05, 4.69) is 5.32 Å². The zero-order chi connectivity index (χ0) is 6.41. The van der Waals surface area contributed by atoms with E-state index < -0.39 is 6.04 Å². The smallest absolute Gasteiger partial charge is 0.208 e. The highest BCUT2D eigenvalue weighted by atomic mass is 16.1. The molecule has 3 heteroatoms. The molecule has 0 aliphatic heterocycles. The molecule has 0 rings (SSSR count). The number of carbonyl (C=O) groups excluding carboxylic acids is 1. The SMILES string of the molecule is C#CC(C#N)NC=O. The molecule has 0 heterocycles. The summed E-state index contributed by atoms with van der Waals surface area (Å²) in [4.78, 5) is 9.58. The van der Waals surface area contributed by atoms with Crippen molar-refractivity contribution in [2.24, 2.45) is 0 Å². The molecule has 40 valence electrons. The van der Waals surface area contributed by atoms with Crippen LogP contribution in [0.15, 0.2) is 0 Å². The molecule has 8 heavy (non-hydrogen) atoms. The minimum Gasteiger partial charge on any atom is -0.333 e. The van der Waals surface area contributed by atoms with Gasteiger partial charge in [-0.3, -0.25) is 4.79 Å². The number of nitrogens with one attached hydrogen (secondary N) is 1. The molecule has 1 N–H and O–H groups in total. The molecule has 0 radical (unpaired) electrons. The van der Waals surface area contributed by atoms with Crippen LogP contribution in [0.2, 0.25) is 0 Å². The molecule has 1 unspecified atom stereocenters. The van der Waals surface area contributed by atoms with Gasteiger partial charge in [0, 0.05) is 0 Å². The Kier molecular flexibility index (Phi) is 3.02. The van der Waals surface area contributed by atoms with Crippen LogP contribution >= 0.6 is 0 Å². The van der Waals surface area contributed by atoms with E-state index in [0.29, 0.717) is 6.41 Å². The number of hydrogen-bond acceptors (Lipinski definition) is 2.